The normalized spacial score (nSPS) is 13.5. The standard InChI is InChI=1S/C17H22BrNS/c1-11-8-12(10-13(18)9-11)16(19-5)14-6-7-15(20-14)17(2,3)4/h6-10,16,19H,1-5H3. The predicted molar refractivity (Wildman–Crippen MR) is 92.8 cm³/mol. The number of hydrogen-bond donors (Lipinski definition) is 1. The molecule has 2 aromatic rings. The van der Waals surface area contributed by atoms with E-state index in [1.54, 1.807) is 0 Å². The Balaban J connectivity index is 2.39. The SMILES string of the molecule is CNC(c1cc(C)cc(Br)c1)c1ccc(C(C)(C)C)s1. The third-order valence-corrected chi connectivity index (χ3v) is 5.37. The first kappa shape index (κ1) is 15.7. The average Bonchev–Trinajstić information content (AvgIpc) is 2.77. The van der Waals surface area contributed by atoms with Gasteiger partial charge in [0.05, 0.1) is 6.04 Å². The van der Waals surface area contributed by atoms with Gasteiger partial charge in [-0.25, -0.2) is 0 Å². The van der Waals surface area contributed by atoms with E-state index in [2.05, 4.69) is 79.3 Å². The van der Waals surface area contributed by atoms with E-state index in [0.29, 0.717) is 0 Å². The summed E-state index contributed by atoms with van der Waals surface area (Å²) in [7, 11) is 2.03. The smallest absolute Gasteiger partial charge is 0.0669 e. The molecule has 0 bridgehead atoms. The third kappa shape index (κ3) is 3.51. The summed E-state index contributed by atoms with van der Waals surface area (Å²) < 4.78 is 1.14. The van der Waals surface area contributed by atoms with Crippen LogP contribution in [0.1, 0.15) is 47.7 Å². The van der Waals surface area contributed by atoms with Crippen molar-refractivity contribution in [2.45, 2.75) is 39.2 Å². The second-order valence-electron chi connectivity index (χ2n) is 6.24. The molecule has 0 saturated heterocycles. The zero-order chi connectivity index (χ0) is 14.9. The molecule has 0 aliphatic rings. The van der Waals surface area contributed by atoms with Crippen molar-refractivity contribution in [1.29, 1.82) is 0 Å². The monoisotopic (exact) mass is 351 g/mol. The minimum atomic E-state index is 0.217. The van der Waals surface area contributed by atoms with Crippen LogP contribution in [0.4, 0.5) is 0 Å². The van der Waals surface area contributed by atoms with E-state index < -0.39 is 0 Å². The van der Waals surface area contributed by atoms with Gasteiger partial charge in [-0.2, -0.15) is 0 Å². The molecule has 0 saturated carbocycles. The minimum absolute atomic E-state index is 0.217. The van der Waals surface area contributed by atoms with Crippen molar-refractivity contribution in [3.63, 3.8) is 0 Å². The molecule has 108 valence electrons. The van der Waals surface area contributed by atoms with Crippen molar-refractivity contribution < 1.29 is 0 Å². The van der Waals surface area contributed by atoms with Gasteiger partial charge in [-0.1, -0.05) is 42.8 Å². The van der Waals surface area contributed by atoms with E-state index in [1.807, 2.05) is 18.4 Å². The van der Waals surface area contributed by atoms with E-state index in [1.165, 1.54) is 20.9 Å². The van der Waals surface area contributed by atoms with Crippen LogP contribution in [-0.2, 0) is 5.41 Å². The highest BCUT2D eigenvalue weighted by Crippen LogP contribution is 2.35. The Hall–Kier alpha value is -0.640. The lowest BCUT2D eigenvalue weighted by Crippen LogP contribution is -2.16. The number of rotatable bonds is 3. The van der Waals surface area contributed by atoms with E-state index in [0.717, 1.165) is 4.47 Å². The molecule has 0 spiro atoms. The van der Waals surface area contributed by atoms with Gasteiger partial charge in [0.1, 0.15) is 0 Å². The fraction of sp³-hybridized carbons (Fsp3) is 0.412. The van der Waals surface area contributed by atoms with Crippen molar-refractivity contribution in [1.82, 2.24) is 5.32 Å². The van der Waals surface area contributed by atoms with E-state index in [9.17, 15) is 0 Å². The van der Waals surface area contributed by atoms with Gasteiger partial charge < -0.3 is 5.32 Å². The molecule has 0 amide bonds. The maximum absolute atomic E-state index is 3.60. The molecule has 1 atom stereocenters. The lowest BCUT2D eigenvalue weighted by atomic mass is 9.95. The second kappa shape index (κ2) is 6.00. The first-order chi connectivity index (χ1) is 9.31. The average molecular weight is 352 g/mol. The molecule has 2 rings (SSSR count). The van der Waals surface area contributed by atoms with Crippen LogP contribution in [-0.4, -0.2) is 7.05 Å². The Morgan fingerprint density at radius 3 is 2.35 bits per heavy atom. The Kier molecular flexibility index (Phi) is 4.73. The van der Waals surface area contributed by atoms with Gasteiger partial charge in [-0.15, -0.1) is 11.3 Å². The molecule has 3 heteroatoms. The van der Waals surface area contributed by atoms with Crippen molar-refractivity contribution in [3.05, 3.63) is 55.7 Å². The number of aryl methyl sites for hydroxylation is 1. The molecule has 1 unspecified atom stereocenters. The summed E-state index contributed by atoms with van der Waals surface area (Å²) in [6, 6.07) is 11.4. The molecule has 20 heavy (non-hydrogen) atoms. The van der Waals surface area contributed by atoms with E-state index in [-0.39, 0.29) is 11.5 Å². The molecule has 0 aliphatic carbocycles. The number of nitrogens with one attached hydrogen (secondary N) is 1. The van der Waals surface area contributed by atoms with E-state index in [4.69, 9.17) is 0 Å². The summed E-state index contributed by atoms with van der Waals surface area (Å²) in [6.07, 6.45) is 0. The topological polar surface area (TPSA) is 12.0 Å². The molecule has 0 fully saturated rings. The summed E-state index contributed by atoms with van der Waals surface area (Å²) in [6.45, 7) is 8.93. The lowest BCUT2D eigenvalue weighted by molar-refractivity contribution is 0.604. The predicted octanol–water partition coefficient (Wildman–Crippen LogP) is 5.43. The first-order valence-corrected chi connectivity index (χ1v) is 8.47. The van der Waals surface area contributed by atoms with Crippen LogP contribution in [0.2, 0.25) is 0 Å². The number of benzene rings is 1. The van der Waals surface area contributed by atoms with Crippen molar-refractivity contribution in [3.8, 4) is 0 Å². The van der Waals surface area contributed by atoms with Gasteiger partial charge >= 0.3 is 0 Å². The fourth-order valence-electron chi connectivity index (χ4n) is 2.32. The van der Waals surface area contributed by atoms with Crippen LogP contribution in [0, 0.1) is 6.92 Å². The second-order valence-corrected chi connectivity index (χ2v) is 8.27. The molecule has 1 N–H and O–H groups in total. The van der Waals surface area contributed by atoms with Gasteiger partial charge in [0.2, 0.25) is 0 Å². The van der Waals surface area contributed by atoms with Crippen LogP contribution in [0.3, 0.4) is 0 Å². The van der Waals surface area contributed by atoms with Crippen LogP contribution >= 0.6 is 27.3 Å². The molecular formula is C17H22BrNS. The molecule has 1 aromatic carbocycles. The zero-order valence-electron chi connectivity index (χ0n) is 12.8. The molecule has 1 nitrogen and oxygen atoms in total. The fourth-order valence-corrected chi connectivity index (χ4v) is 4.15. The van der Waals surface area contributed by atoms with Gasteiger partial charge in [0.15, 0.2) is 0 Å². The lowest BCUT2D eigenvalue weighted by Gasteiger charge is -2.18. The Morgan fingerprint density at radius 2 is 1.85 bits per heavy atom. The zero-order valence-corrected chi connectivity index (χ0v) is 15.2. The molecule has 0 aliphatic heterocycles. The maximum Gasteiger partial charge on any atom is 0.0669 e. The molecule has 1 aromatic heterocycles. The number of hydrogen-bond acceptors (Lipinski definition) is 2. The summed E-state index contributed by atoms with van der Waals surface area (Å²) in [5.41, 5.74) is 2.80. The van der Waals surface area contributed by atoms with Gasteiger partial charge in [-0.05, 0) is 54.8 Å². The quantitative estimate of drug-likeness (QED) is 0.777. The van der Waals surface area contributed by atoms with Gasteiger partial charge in [0, 0.05) is 14.2 Å². The highest BCUT2D eigenvalue weighted by atomic mass is 79.9. The third-order valence-electron chi connectivity index (χ3n) is 3.34. The minimum Gasteiger partial charge on any atom is -0.309 e. The first-order valence-electron chi connectivity index (χ1n) is 6.86. The van der Waals surface area contributed by atoms with Crippen LogP contribution < -0.4 is 5.32 Å². The number of thiophene rings is 1. The van der Waals surface area contributed by atoms with Gasteiger partial charge in [-0.3, -0.25) is 0 Å². The Morgan fingerprint density at radius 1 is 1.15 bits per heavy atom. The summed E-state index contributed by atoms with van der Waals surface area (Å²) >= 11 is 5.50. The molecule has 1 heterocycles. The summed E-state index contributed by atoms with van der Waals surface area (Å²) in [5.74, 6) is 0. The highest BCUT2D eigenvalue weighted by molar-refractivity contribution is 9.10. The van der Waals surface area contributed by atoms with E-state index >= 15 is 0 Å². The summed E-state index contributed by atoms with van der Waals surface area (Å²) in [4.78, 5) is 2.80. The van der Waals surface area contributed by atoms with Crippen LogP contribution in [0.25, 0.3) is 0 Å². The Bertz CT molecular complexity index is 575. The van der Waals surface area contributed by atoms with Crippen molar-refractivity contribution in [2.75, 3.05) is 7.05 Å². The Labute approximate surface area is 134 Å². The molecular weight excluding hydrogens is 330 g/mol. The van der Waals surface area contributed by atoms with Crippen LogP contribution in [0.5, 0.6) is 0 Å². The summed E-state index contributed by atoms with van der Waals surface area (Å²) in [5, 5.41) is 3.44. The highest BCUT2D eigenvalue weighted by Gasteiger charge is 2.20. The van der Waals surface area contributed by atoms with Crippen molar-refractivity contribution >= 4 is 27.3 Å². The van der Waals surface area contributed by atoms with Gasteiger partial charge in [0.25, 0.3) is 0 Å². The number of halogens is 1. The maximum atomic E-state index is 3.60. The van der Waals surface area contributed by atoms with Crippen molar-refractivity contribution in [2.24, 2.45) is 0 Å². The molecule has 0 radical (unpaired) electrons. The van der Waals surface area contributed by atoms with Crippen LogP contribution in [0.15, 0.2) is 34.8 Å². The largest absolute Gasteiger partial charge is 0.309 e.